The summed E-state index contributed by atoms with van der Waals surface area (Å²) in [7, 11) is 1.79. The van der Waals surface area contributed by atoms with Gasteiger partial charge in [-0.1, -0.05) is 18.0 Å². The summed E-state index contributed by atoms with van der Waals surface area (Å²) in [4.78, 5) is 11.0. The molecule has 1 aromatic heterocycles. The largest absolute Gasteiger partial charge is 0.356 e. The van der Waals surface area contributed by atoms with Crippen molar-refractivity contribution in [2.24, 2.45) is 4.99 Å². The standard InChI is InChI=1S/C16H30N6O/c1-14-20-15(23-21-14)8-10-19-16(17-2)18-9-7-13-22-11-5-3-4-6-12-22/h3-13H2,1-2H3,(H2,17,18,19). The maximum absolute atomic E-state index is 5.09. The van der Waals surface area contributed by atoms with Gasteiger partial charge in [-0.05, 0) is 45.8 Å². The highest BCUT2D eigenvalue weighted by Crippen LogP contribution is 2.09. The van der Waals surface area contributed by atoms with Gasteiger partial charge in [0, 0.05) is 26.6 Å². The first-order valence-electron chi connectivity index (χ1n) is 8.74. The number of hydrogen-bond donors (Lipinski definition) is 2. The van der Waals surface area contributed by atoms with Crippen molar-refractivity contribution >= 4 is 5.96 Å². The second kappa shape index (κ2) is 10.2. The SMILES string of the molecule is CN=C(NCCCN1CCCCCC1)NCCc1nc(C)no1. The van der Waals surface area contributed by atoms with E-state index in [0.717, 1.165) is 25.5 Å². The Morgan fingerprint density at radius 3 is 2.57 bits per heavy atom. The zero-order valence-corrected chi connectivity index (χ0v) is 14.5. The van der Waals surface area contributed by atoms with Crippen molar-refractivity contribution in [3.8, 4) is 0 Å². The van der Waals surface area contributed by atoms with Gasteiger partial charge in [0.15, 0.2) is 11.8 Å². The number of aliphatic imine (C=N–C) groups is 1. The number of hydrogen-bond acceptors (Lipinski definition) is 5. The van der Waals surface area contributed by atoms with Crippen LogP contribution in [0.15, 0.2) is 9.52 Å². The van der Waals surface area contributed by atoms with E-state index in [4.69, 9.17) is 4.52 Å². The van der Waals surface area contributed by atoms with Crippen LogP contribution in [0.25, 0.3) is 0 Å². The second-order valence-electron chi connectivity index (χ2n) is 6.02. The Balaban J connectivity index is 1.55. The first-order chi connectivity index (χ1) is 11.3. The first-order valence-corrected chi connectivity index (χ1v) is 8.74. The summed E-state index contributed by atoms with van der Waals surface area (Å²) in [6.07, 6.45) is 7.34. The minimum atomic E-state index is 0.659. The van der Waals surface area contributed by atoms with E-state index in [2.05, 4.69) is 30.7 Å². The third-order valence-corrected chi connectivity index (χ3v) is 4.07. The molecule has 0 aromatic carbocycles. The van der Waals surface area contributed by atoms with Crippen molar-refractivity contribution in [3.05, 3.63) is 11.7 Å². The summed E-state index contributed by atoms with van der Waals surface area (Å²) in [5.41, 5.74) is 0. The van der Waals surface area contributed by atoms with E-state index < -0.39 is 0 Å². The Kier molecular flexibility index (Phi) is 7.86. The Bertz CT molecular complexity index is 465. The van der Waals surface area contributed by atoms with Crippen LogP contribution in [0.4, 0.5) is 0 Å². The van der Waals surface area contributed by atoms with Crippen LogP contribution in [0.3, 0.4) is 0 Å². The quantitative estimate of drug-likeness (QED) is 0.448. The summed E-state index contributed by atoms with van der Waals surface area (Å²) < 4.78 is 5.09. The van der Waals surface area contributed by atoms with Crippen molar-refractivity contribution in [2.75, 3.05) is 39.8 Å². The first kappa shape index (κ1) is 17.7. The summed E-state index contributed by atoms with van der Waals surface area (Å²) in [5.74, 6) is 2.17. The molecular formula is C16H30N6O. The molecule has 2 heterocycles. The second-order valence-corrected chi connectivity index (χ2v) is 6.02. The molecule has 2 N–H and O–H groups in total. The molecule has 1 saturated heterocycles. The molecule has 0 bridgehead atoms. The number of likely N-dealkylation sites (tertiary alicyclic amines) is 1. The Labute approximate surface area is 138 Å². The highest BCUT2D eigenvalue weighted by Gasteiger charge is 2.08. The monoisotopic (exact) mass is 322 g/mol. The van der Waals surface area contributed by atoms with Gasteiger partial charge in [0.2, 0.25) is 5.89 Å². The molecule has 7 nitrogen and oxygen atoms in total. The molecular weight excluding hydrogens is 292 g/mol. The van der Waals surface area contributed by atoms with Gasteiger partial charge in [0.05, 0.1) is 0 Å². The van der Waals surface area contributed by atoms with Crippen molar-refractivity contribution in [1.29, 1.82) is 0 Å². The number of nitrogens with zero attached hydrogens (tertiary/aromatic N) is 4. The van der Waals surface area contributed by atoms with Crippen LogP contribution in [-0.2, 0) is 6.42 Å². The van der Waals surface area contributed by atoms with Crippen molar-refractivity contribution in [2.45, 2.75) is 45.4 Å². The summed E-state index contributed by atoms with van der Waals surface area (Å²) in [6.45, 7) is 7.19. The fourth-order valence-corrected chi connectivity index (χ4v) is 2.82. The zero-order valence-electron chi connectivity index (χ0n) is 14.5. The molecule has 1 aliphatic heterocycles. The van der Waals surface area contributed by atoms with Gasteiger partial charge in [0.1, 0.15) is 0 Å². The number of nitrogens with one attached hydrogen (secondary N) is 2. The Morgan fingerprint density at radius 2 is 1.91 bits per heavy atom. The predicted molar refractivity (Wildman–Crippen MR) is 91.6 cm³/mol. The molecule has 0 spiro atoms. The molecule has 0 radical (unpaired) electrons. The van der Waals surface area contributed by atoms with Gasteiger partial charge in [-0.2, -0.15) is 4.98 Å². The zero-order chi connectivity index (χ0) is 16.3. The molecule has 0 amide bonds. The lowest BCUT2D eigenvalue weighted by Crippen LogP contribution is -2.39. The van der Waals surface area contributed by atoms with E-state index in [0.29, 0.717) is 18.1 Å². The lowest BCUT2D eigenvalue weighted by molar-refractivity contribution is 0.282. The topological polar surface area (TPSA) is 78.6 Å². The summed E-state index contributed by atoms with van der Waals surface area (Å²) in [6, 6.07) is 0. The van der Waals surface area contributed by atoms with E-state index in [1.54, 1.807) is 7.05 Å². The van der Waals surface area contributed by atoms with Crippen LogP contribution < -0.4 is 10.6 Å². The maximum atomic E-state index is 5.09. The molecule has 1 fully saturated rings. The van der Waals surface area contributed by atoms with Crippen LogP contribution in [0.2, 0.25) is 0 Å². The molecule has 7 heteroatoms. The predicted octanol–water partition coefficient (Wildman–Crippen LogP) is 1.35. The van der Waals surface area contributed by atoms with Crippen LogP contribution in [0.1, 0.15) is 43.8 Å². The number of guanidine groups is 1. The normalized spacial score (nSPS) is 17.0. The lowest BCUT2D eigenvalue weighted by atomic mass is 10.2. The average Bonchev–Trinajstić information content (AvgIpc) is 2.81. The lowest BCUT2D eigenvalue weighted by Gasteiger charge is -2.20. The Morgan fingerprint density at radius 1 is 1.17 bits per heavy atom. The molecule has 23 heavy (non-hydrogen) atoms. The fourth-order valence-electron chi connectivity index (χ4n) is 2.82. The van der Waals surface area contributed by atoms with Gasteiger partial charge in [-0.15, -0.1) is 0 Å². The summed E-state index contributed by atoms with van der Waals surface area (Å²) >= 11 is 0. The van der Waals surface area contributed by atoms with Crippen molar-refractivity contribution < 1.29 is 4.52 Å². The number of rotatable bonds is 7. The number of aromatic nitrogens is 2. The Hall–Kier alpha value is -1.63. The van der Waals surface area contributed by atoms with Crippen LogP contribution in [0.5, 0.6) is 0 Å². The van der Waals surface area contributed by atoms with E-state index in [-0.39, 0.29) is 0 Å². The average molecular weight is 322 g/mol. The minimum Gasteiger partial charge on any atom is -0.356 e. The third kappa shape index (κ3) is 6.99. The smallest absolute Gasteiger partial charge is 0.228 e. The fraction of sp³-hybridized carbons (Fsp3) is 0.812. The highest BCUT2D eigenvalue weighted by molar-refractivity contribution is 5.79. The third-order valence-electron chi connectivity index (χ3n) is 4.07. The van der Waals surface area contributed by atoms with Crippen molar-refractivity contribution in [3.63, 3.8) is 0 Å². The molecule has 0 unspecified atom stereocenters. The molecule has 0 aliphatic carbocycles. The number of aryl methyl sites for hydroxylation is 1. The van der Waals surface area contributed by atoms with Crippen LogP contribution >= 0.6 is 0 Å². The van der Waals surface area contributed by atoms with E-state index in [1.165, 1.54) is 45.3 Å². The molecule has 1 aromatic rings. The van der Waals surface area contributed by atoms with Crippen molar-refractivity contribution in [1.82, 2.24) is 25.7 Å². The minimum absolute atomic E-state index is 0.659. The molecule has 130 valence electrons. The van der Waals surface area contributed by atoms with E-state index in [1.807, 2.05) is 6.92 Å². The maximum Gasteiger partial charge on any atom is 0.228 e. The highest BCUT2D eigenvalue weighted by atomic mass is 16.5. The van der Waals surface area contributed by atoms with Gasteiger partial charge >= 0.3 is 0 Å². The van der Waals surface area contributed by atoms with Gasteiger partial charge in [0.25, 0.3) is 0 Å². The molecule has 0 atom stereocenters. The van der Waals surface area contributed by atoms with E-state index >= 15 is 0 Å². The van der Waals surface area contributed by atoms with Gasteiger partial charge in [-0.25, -0.2) is 0 Å². The van der Waals surface area contributed by atoms with Crippen LogP contribution in [0, 0.1) is 6.92 Å². The van der Waals surface area contributed by atoms with Gasteiger partial charge < -0.3 is 20.1 Å². The van der Waals surface area contributed by atoms with Gasteiger partial charge in [-0.3, -0.25) is 4.99 Å². The summed E-state index contributed by atoms with van der Waals surface area (Å²) in [5, 5.41) is 10.4. The molecule has 0 saturated carbocycles. The van der Waals surface area contributed by atoms with Crippen LogP contribution in [-0.4, -0.2) is 60.8 Å². The molecule has 1 aliphatic rings. The van der Waals surface area contributed by atoms with E-state index in [9.17, 15) is 0 Å². The molecule has 2 rings (SSSR count).